The number of hydrogen-bond acceptors (Lipinski definition) is 5. The highest BCUT2D eigenvalue weighted by Gasteiger charge is 2.32. The van der Waals surface area contributed by atoms with Crippen molar-refractivity contribution in [2.45, 2.75) is 19.3 Å². The number of nitrogens with one attached hydrogen (secondary N) is 3. The summed E-state index contributed by atoms with van der Waals surface area (Å²) in [6.07, 6.45) is -4.86. The van der Waals surface area contributed by atoms with Crippen molar-refractivity contribution in [1.29, 1.82) is 0 Å². The van der Waals surface area contributed by atoms with E-state index in [1.807, 2.05) is 0 Å². The Hall–Kier alpha value is -3.37. The minimum atomic E-state index is -4.86. The summed E-state index contributed by atoms with van der Waals surface area (Å²) in [5, 5.41) is 7.07. The summed E-state index contributed by atoms with van der Waals surface area (Å²) in [5.74, 6) is -1.34. The van der Waals surface area contributed by atoms with Gasteiger partial charge in [0.25, 0.3) is 5.91 Å². The Kier molecular flexibility index (Phi) is 5.83. The van der Waals surface area contributed by atoms with E-state index < -0.39 is 30.1 Å². The second-order valence-corrected chi connectivity index (χ2v) is 5.53. The minimum absolute atomic E-state index is 0.0378. The molecule has 8 nitrogen and oxygen atoms in total. The topological polar surface area (TPSA) is 115 Å². The van der Waals surface area contributed by atoms with E-state index in [1.54, 1.807) is 6.92 Å². The average molecular weight is 386 g/mol. The number of ether oxygens (including phenoxy) is 2. The Labute approximate surface area is 152 Å². The summed E-state index contributed by atoms with van der Waals surface area (Å²) in [6, 6.07) is 3.95. The first kappa shape index (κ1) is 19.9. The van der Waals surface area contributed by atoms with Crippen LogP contribution in [0.25, 0.3) is 0 Å². The van der Waals surface area contributed by atoms with E-state index in [2.05, 4.69) is 27.3 Å². The van der Waals surface area contributed by atoms with Crippen LogP contribution in [0.4, 0.5) is 18.0 Å². The number of benzene rings is 1. The van der Waals surface area contributed by atoms with Crippen molar-refractivity contribution in [3.63, 3.8) is 0 Å². The van der Waals surface area contributed by atoms with Crippen LogP contribution in [0, 0.1) is 0 Å². The zero-order chi connectivity index (χ0) is 20.2. The lowest BCUT2D eigenvalue weighted by molar-refractivity contribution is -0.275. The summed E-state index contributed by atoms with van der Waals surface area (Å²) in [4.78, 5) is 23.6. The van der Waals surface area contributed by atoms with Gasteiger partial charge in [-0.15, -0.1) is 13.2 Å². The maximum Gasteiger partial charge on any atom is 0.573 e. The van der Waals surface area contributed by atoms with Crippen LogP contribution in [0.5, 0.6) is 11.5 Å². The first-order valence-electron chi connectivity index (χ1n) is 7.62. The highest BCUT2D eigenvalue weighted by molar-refractivity contribution is 6.00. The van der Waals surface area contributed by atoms with E-state index in [0.29, 0.717) is 0 Å². The van der Waals surface area contributed by atoms with Crippen molar-refractivity contribution in [3.8, 4) is 11.5 Å². The molecule has 2 rings (SSSR count). The number of alkyl halides is 3. The molecule has 1 aromatic rings. The van der Waals surface area contributed by atoms with Gasteiger partial charge in [0.1, 0.15) is 12.3 Å². The number of amides is 3. The number of carbonyl (C=O) groups is 2. The van der Waals surface area contributed by atoms with E-state index in [4.69, 9.17) is 10.5 Å². The molecule has 1 aromatic carbocycles. The number of halogens is 3. The summed E-state index contributed by atoms with van der Waals surface area (Å²) >= 11 is 0. The van der Waals surface area contributed by atoms with Crippen molar-refractivity contribution in [2.24, 2.45) is 5.73 Å². The fourth-order valence-electron chi connectivity index (χ4n) is 2.08. The standard InChI is InChI=1S/C16H17F3N4O4/c1-8(21-14(24)13-12(20)9(2)22-15(25)23-13)7-26-10-5-3-4-6-11(10)27-16(17,18)19/h3-6,8H,2,7,20H2,1H3,(H,21,24)(H2,22,23,25)/t8-/m1/s1. The fraction of sp³-hybridized carbons (Fsp3) is 0.250. The fourth-order valence-corrected chi connectivity index (χ4v) is 2.08. The third-order valence-corrected chi connectivity index (χ3v) is 3.27. The van der Waals surface area contributed by atoms with Gasteiger partial charge in [0.05, 0.1) is 17.4 Å². The van der Waals surface area contributed by atoms with Crippen molar-refractivity contribution in [3.05, 3.63) is 47.9 Å². The first-order valence-corrected chi connectivity index (χ1v) is 7.62. The summed E-state index contributed by atoms with van der Waals surface area (Å²) < 4.78 is 46.4. The van der Waals surface area contributed by atoms with Gasteiger partial charge in [-0.05, 0) is 19.1 Å². The lowest BCUT2D eigenvalue weighted by Crippen LogP contribution is -2.49. The number of hydrogen-bond donors (Lipinski definition) is 4. The van der Waals surface area contributed by atoms with E-state index in [1.165, 1.54) is 18.2 Å². The zero-order valence-corrected chi connectivity index (χ0v) is 14.1. The van der Waals surface area contributed by atoms with Crippen LogP contribution in [-0.4, -0.2) is 30.9 Å². The van der Waals surface area contributed by atoms with Gasteiger partial charge in [-0.3, -0.25) is 4.79 Å². The summed E-state index contributed by atoms with van der Waals surface area (Å²) in [5.41, 5.74) is 5.55. The Morgan fingerprint density at radius 3 is 2.56 bits per heavy atom. The molecule has 0 unspecified atom stereocenters. The Morgan fingerprint density at radius 2 is 1.93 bits per heavy atom. The van der Waals surface area contributed by atoms with Gasteiger partial charge >= 0.3 is 12.4 Å². The van der Waals surface area contributed by atoms with Crippen LogP contribution >= 0.6 is 0 Å². The predicted molar refractivity (Wildman–Crippen MR) is 88.2 cm³/mol. The smallest absolute Gasteiger partial charge is 0.488 e. The van der Waals surface area contributed by atoms with Crippen molar-refractivity contribution < 1.29 is 32.2 Å². The van der Waals surface area contributed by atoms with E-state index in [0.717, 1.165) is 6.07 Å². The first-order chi connectivity index (χ1) is 12.6. The van der Waals surface area contributed by atoms with E-state index in [9.17, 15) is 22.8 Å². The molecule has 0 radical (unpaired) electrons. The van der Waals surface area contributed by atoms with Crippen LogP contribution in [0.15, 0.2) is 47.9 Å². The molecule has 1 aliphatic rings. The maximum atomic E-state index is 12.4. The predicted octanol–water partition coefficient (Wildman–Crippen LogP) is 1.47. The third-order valence-electron chi connectivity index (χ3n) is 3.27. The van der Waals surface area contributed by atoms with Gasteiger partial charge in [-0.2, -0.15) is 0 Å². The van der Waals surface area contributed by atoms with E-state index in [-0.39, 0.29) is 29.4 Å². The highest BCUT2D eigenvalue weighted by Crippen LogP contribution is 2.31. The molecule has 1 atom stereocenters. The Bertz CT molecular complexity index is 792. The normalized spacial score (nSPS) is 15.6. The van der Waals surface area contributed by atoms with Crippen LogP contribution in [0.2, 0.25) is 0 Å². The summed E-state index contributed by atoms with van der Waals surface area (Å²) in [6.45, 7) is 4.90. The Balaban J connectivity index is 1.98. The van der Waals surface area contributed by atoms with Gasteiger partial charge in [-0.25, -0.2) is 4.79 Å². The average Bonchev–Trinajstić information content (AvgIpc) is 2.55. The molecule has 11 heteroatoms. The molecule has 3 amide bonds. The number of nitrogens with two attached hydrogens (primary N) is 1. The molecule has 0 spiro atoms. The summed E-state index contributed by atoms with van der Waals surface area (Å²) in [7, 11) is 0. The van der Waals surface area contributed by atoms with E-state index >= 15 is 0 Å². The Morgan fingerprint density at radius 1 is 1.30 bits per heavy atom. The van der Waals surface area contributed by atoms with Crippen LogP contribution in [0.3, 0.4) is 0 Å². The minimum Gasteiger partial charge on any atom is -0.488 e. The molecule has 0 saturated heterocycles. The second-order valence-electron chi connectivity index (χ2n) is 5.53. The zero-order valence-electron chi connectivity index (χ0n) is 14.1. The molecule has 5 N–H and O–H groups in total. The monoisotopic (exact) mass is 386 g/mol. The molecule has 0 aliphatic carbocycles. The molecule has 1 heterocycles. The third kappa shape index (κ3) is 5.56. The van der Waals surface area contributed by atoms with Gasteiger partial charge in [-0.1, -0.05) is 18.7 Å². The van der Waals surface area contributed by atoms with Crippen molar-refractivity contribution >= 4 is 11.9 Å². The molecule has 0 bridgehead atoms. The van der Waals surface area contributed by atoms with Gasteiger partial charge < -0.3 is 31.2 Å². The van der Waals surface area contributed by atoms with Crippen LogP contribution in [-0.2, 0) is 4.79 Å². The van der Waals surface area contributed by atoms with Crippen LogP contribution in [0.1, 0.15) is 6.92 Å². The van der Waals surface area contributed by atoms with Crippen molar-refractivity contribution in [1.82, 2.24) is 16.0 Å². The van der Waals surface area contributed by atoms with Gasteiger partial charge in [0.15, 0.2) is 11.5 Å². The van der Waals surface area contributed by atoms with Crippen molar-refractivity contribution in [2.75, 3.05) is 6.61 Å². The molecule has 0 fully saturated rings. The number of rotatable bonds is 6. The number of para-hydroxylation sites is 2. The maximum absolute atomic E-state index is 12.4. The SMILES string of the molecule is C=C1NC(=O)NC(C(=O)N[C@H](C)COc2ccccc2OC(F)(F)F)=C1N. The number of urea groups is 1. The molecule has 146 valence electrons. The lowest BCUT2D eigenvalue weighted by atomic mass is 10.2. The van der Waals surface area contributed by atoms with Gasteiger partial charge in [0, 0.05) is 0 Å². The number of carbonyl (C=O) groups excluding carboxylic acids is 2. The quantitative estimate of drug-likeness (QED) is 0.591. The van der Waals surface area contributed by atoms with Gasteiger partial charge in [0.2, 0.25) is 0 Å². The largest absolute Gasteiger partial charge is 0.573 e. The molecule has 27 heavy (non-hydrogen) atoms. The molecule has 0 aromatic heterocycles. The second kappa shape index (κ2) is 7.89. The molecule has 0 saturated carbocycles. The lowest BCUT2D eigenvalue weighted by Gasteiger charge is -2.22. The molecular formula is C16H17F3N4O4. The molecule has 1 aliphatic heterocycles. The molecular weight excluding hydrogens is 369 g/mol. The highest BCUT2D eigenvalue weighted by atomic mass is 19.4. The van der Waals surface area contributed by atoms with Crippen LogP contribution < -0.4 is 31.2 Å².